The number of hydrogen-bond acceptors (Lipinski definition) is 5. The normalized spacial score (nSPS) is 11.9. The van der Waals surface area contributed by atoms with Gasteiger partial charge in [-0.05, 0) is 35.4 Å². The molecule has 2 aromatic rings. The maximum atomic E-state index is 13.5. The number of anilines is 1. The molecule has 1 unspecified atom stereocenters. The van der Waals surface area contributed by atoms with Gasteiger partial charge in [0.15, 0.2) is 0 Å². The summed E-state index contributed by atoms with van der Waals surface area (Å²) >= 11 is 1.47. The summed E-state index contributed by atoms with van der Waals surface area (Å²) in [6, 6.07) is 3.13. The number of nitro groups is 1. The molecule has 110 valence electrons. The summed E-state index contributed by atoms with van der Waals surface area (Å²) in [5.74, 6) is -2.61. The van der Waals surface area contributed by atoms with Gasteiger partial charge < -0.3 is 10.4 Å². The van der Waals surface area contributed by atoms with Crippen molar-refractivity contribution >= 4 is 28.7 Å². The van der Waals surface area contributed by atoms with Crippen LogP contribution in [0, 0.1) is 15.9 Å². The number of nitrogens with zero attached hydrogens (tertiary/aromatic N) is 1. The molecule has 0 radical (unpaired) electrons. The molecule has 0 spiro atoms. The average Bonchev–Trinajstić information content (AvgIpc) is 2.93. The second kappa shape index (κ2) is 5.88. The van der Waals surface area contributed by atoms with E-state index in [1.54, 1.807) is 6.92 Å². The van der Waals surface area contributed by atoms with Crippen LogP contribution < -0.4 is 5.32 Å². The van der Waals surface area contributed by atoms with Gasteiger partial charge in [-0.15, -0.1) is 0 Å². The maximum absolute atomic E-state index is 13.5. The molecule has 2 rings (SSSR count). The van der Waals surface area contributed by atoms with Crippen LogP contribution in [0.25, 0.3) is 0 Å². The van der Waals surface area contributed by atoms with Crippen molar-refractivity contribution < 1.29 is 19.2 Å². The van der Waals surface area contributed by atoms with Gasteiger partial charge in [0, 0.05) is 6.04 Å². The van der Waals surface area contributed by atoms with Crippen LogP contribution in [0.2, 0.25) is 0 Å². The highest BCUT2D eigenvalue weighted by Gasteiger charge is 2.22. The molecule has 21 heavy (non-hydrogen) atoms. The lowest BCUT2D eigenvalue weighted by atomic mass is 10.1. The third-order valence-corrected chi connectivity index (χ3v) is 3.63. The van der Waals surface area contributed by atoms with Crippen molar-refractivity contribution in [3.8, 4) is 0 Å². The molecular formula is C13H11FN2O4S. The van der Waals surface area contributed by atoms with Gasteiger partial charge >= 0.3 is 5.97 Å². The summed E-state index contributed by atoms with van der Waals surface area (Å²) < 4.78 is 13.5. The van der Waals surface area contributed by atoms with Crippen LogP contribution in [0.3, 0.4) is 0 Å². The topological polar surface area (TPSA) is 92.5 Å². The molecule has 1 aromatic heterocycles. The number of nitro benzene ring substituents is 1. The first-order valence-electron chi connectivity index (χ1n) is 5.90. The average molecular weight is 310 g/mol. The molecule has 0 bridgehead atoms. The first kappa shape index (κ1) is 14.9. The van der Waals surface area contributed by atoms with Crippen LogP contribution in [0.4, 0.5) is 15.8 Å². The van der Waals surface area contributed by atoms with E-state index in [4.69, 9.17) is 5.11 Å². The highest BCUT2D eigenvalue weighted by Crippen LogP contribution is 2.31. The zero-order valence-electron chi connectivity index (χ0n) is 10.9. The molecule has 0 amide bonds. The second-order valence-electron chi connectivity index (χ2n) is 4.33. The van der Waals surface area contributed by atoms with Crippen LogP contribution in [0.5, 0.6) is 0 Å². The van der Waals surface area contributed by atoms with Crippen molar-refractivity contribution in [1.29, 1.82) is 0 Å². The Balaban J connectivity index is 2.42. The predicted octanol–water partition coefficient (Wildman–Crippen LogP) is 3.67. The lowest BCUT2D eigenvalue weighted by molar-refractivity contribution is -0.384. The van der Waals surface area contributed by atoms with Crippen molar-refractivity contribution in [3.63, 3.8) is 0 Å². The smallest absolute Gasteiger partial charge is 0.338 e. The molecule has 8 heteroatoms. The monoisotopic (exact) mass is 310 g/mol. The molecule has 0 aliphatic heterocycles. The molecule has 1 atom stereocenters. The number of rotatable bonds is 5. The van der Waals surface area contributed by atoms with Crippen molar-refractivity contribution in [1.82, 2.24) is 0 Å². The largest absolute Gasteiger partial charge is 0.478 e. The summed E-state index contributed by atoms with van der Waals surface area (Å²) in [6.45, 7) is 1.77. The second-order valence-corrected chi connectivity index (χ2v) is 5.11. The molecule has 6 nitrogen and oxygen atoms in total. The van der Waals surface area contributed by atoms with E-state index < -0.39 is 28.0 Å². The van der Waals surface area contributed by atoms with Gasteiger partial charge in [0.05, 0.1) is 16.6 Å². The molecule has 1 aromatic carbocycles. The lowest BCUT2D eigenvalue weighted by Gasteiger charge is -2.15. The summed E-state index contributed by atoms with van der Waals surface area (Å²) in [4.78, 5) is 21.2. The van der Waals surface area contributed by atoms with E-state index in [9.17, 15) is 19.3 Å². The summed E-state index contributed by atoms with van der Waals surface area (Å²) in [7, 11) is 0. The van der Waals surface area contributed by atoms with Gasteiger partial charge in [-0.3, -0.25) is 10.1 Å². The number of nitrogens with one attached hydrogen (secondary N) is 1. The Labute approximate surface area is 123 Å². The van der Waals surface area contributed by atoms with Crippen molar-refractivity contribution in [2.75, 3.05) is 5.32 Å². The minimum Gasteiger partial charge on any atom is -0.478 e. The van der Waals surface area contributed by atoms with Crippen LogP contribution in [-0.4, -0.2) is 16.0 Å². The Bertz CT molecular complexity index is 688. The summed E-state index contributed by atoms with van der Waals surface area (Å²) in [5.41, 5.74) is -0.242. The summed E-state index contributed by atoms with van der Waals surface area (Å²) in [5, 5.41) is 26.5. The number of carbonyl (C=O) groups is 1. The van der Waals surface area contributed by atoms with Gasteiger partial charge in [-0.25, -0.2) is 9.18 Å². The van der Waals surface area contributed by atoms with Crippen LogP contribution in [-0.2, 0) is 0 Å². The fraction of sp³-hybridized carbons (Fsp3) is 0.154. The molecule has 0 fully saturated rings. The fourth-order valence-electron chi connectivity index (χ4n) is 1.83. The molecule has 0 aliphatic carbocycles. The van der Waals surface area contributed by atoms with Crippen molar-refractivity contribution in [2.24, 2.45) is 0 Å². The number of carboxylic acid groups (broad SMARTS) is 1. The van der Waals surface area contributed by atoms with Gasteiger partial charge in [0.25, 0.3) is 5.69 Å². The SMILES string of the molecule is CC(Nc1cc(C(=O)O)c(F)cc1[N+](=O)[O-])c1ccsc1. The molecule has 0 saturated heterocycles. The van der Waals surface area contributed by atoms with Crippen LogP contribution in [0.1, 0.15) is 28.9 Å². The van der Waals surface area contributed by atoms with E-state index in [2.05, 4.69) is 5.32 Å². The van der Waals surface area contributed by atoms with Crippen molar-refractivity contribution in [2.45, 2.75) is 13.0 Å². The summed E-state index contributed by atoms with van der Waals surface area (Å²) in [6.07, 6.45) is 0. The Hall–Kier alpha value is -2.48. The van der Waals surface area contributed by atoms with Crippen LogP contribution >= 0.6 is 11.3 Å². The molecule has 2 N–H and O–H groups in total. The van der Waals surface area contributed by atoms with E-state index in [-0.39, 0.29) is 11.7 Å². The molecular weight excluding hydrogens is 299 g/mol. The number of aromatic carboxylic acids is 1. The van der Waals surface area contributed by atoms with E-state index >= 15 is 0 Å². The van der Waals surface area contributed by atoms with E-state index in [0.29, 0.717) is 6.07 Å². The van der Waals surface area contributed by atoms with Gasteiger partial charge in [0.1, 0.15) is 11.5 Å². The lowest BCUT2D eigenvalue weighted by Crippen LogP contribution is -2.10. The zero-order valence-corrected chi connectivity index (χ0v) is 11.7. The van der Waals surface area contributed by atoms with Gasteiger partial charge in [-0.1, -0.05) is 0 Å². The minimum absolute atomic E-state index is 0.0301. The third kappa shape index (κ3) is 3.16. The highest BCUT2D eigenvalue weighted by atomic mass is 32.1. The first-order chi connectivity index (χ1) is 9.90. The molecule has 0 aliphatic rings. The van der Waals surface area contributed by atoms with Crippen LogP contribution in [0.15, 0.2) is 29.0 Å². The molecule has 0 saturated carbocycles. The fourth-order valence-corrected chi connectivity index (χ4v) is 2.59. The van der Waals surface area contributed by atoms with E-state index in [1.165, 1.54) is 11.3 Å². The van der Waals surface area contributed by atoms with Gasteiger partial charge in [0.2, 0.25) is 0 Å². The Kier molecular flexibility index (Phi) is 4.18. The zero-order chi connectivity index (χ0) is 15.6. The Morgan fingerprint density at radius 2 is 2.24 bits per heavy atom. The van der Waals surface area contributed by atoms with Gasteiger partial charge in [-0.2, -0.15) is 11.3 Å². The number of halogens is 1. The Morgan fingerprint density at radius 1 is 1.52 bits per heavy atom. The third-order valence-electron chi connectivity index (χ3n) is 2.93. The maximum Gasteiger partial charge on any atom is 0.338 e. The van der Waals surface area contributed by atoms with Crippen molar-refractivity contribution in [3.05, 3.63) is 56.0 Å². The number of benzene rings is 1. The Morgan fingerprint density at radius 3 is 2.76 bits per heavy atom. The minimum atomic E-state index is -1.48. The van der Waals surface area contributed by atoms with E-state index in [0.717, 1.165) is 11.6 Å². The number of carboxylic acids is 1. The quantitative estimate of drug-likeness (QED) is 0.649. The molecule has 1 heterocycles. The predicted molar refractivity (Wildman–Crippen MR) is 76.4 cm³/mol. The first-order valence-corrected chi connectivity index (χ1v) is 6.84. The highest BCUT2D eigenvalue weighted by molar-refractivity contribution is 7.08. The standard InChI is InChI=1S/C13H11FN2O4S/c1-7(8-2-3-21-6-8)15-11-4-9(13(17)18)10(14)5-12(11)16(19)20/h2-7,15H,1H3,(H,17,18). The number of thiophene rings is 1. The number of hydrogen-bond donors (Lipinski definition) is 2. The van der Waals surface area contributed by atoms with E-state index in [1.807, 2.05) is 16.8 Å².